The third kappa shape index (κ3) is 1.98. The normalized spacial score (nSPS) is 15.5. The summed E-state index contributed by atoms with van der Waals surface area (Å²) in [6.07, 6.45) is -4.37. The van der Waals surface area contributed by atoms with Crippen LogP contribution in [-0.2, 0) is 12.8 Å². The van der Waals surface area contributed by atoms with E-state index in [1.165, 1.54) is 0 Å². The van der Waals surface area contributed by atoms with Gasteiger partial charge in [-0.05, 0) is 17.7 Å². The number of hydrogen-bond acceptors (Lipinski definition) is 1. The summed E-state index contributed by atoms with van der Waals surface area (Å²) in [5.41, 5.74) is -0.634. The molecule has 0 spiro atoms. The minimum atomic E-state index is -4.37. The Morgan fingerprint density at radius 2 is 1.75 bits per heavy atom. The van der Waals surface area contributed by atoms with Gasteiger partial charge in [-0.25, -0.2) is 0 Å². The van der Waals surface area contributed by atoms with Crippen LogP contribution in [0.3, 0.4) is 0 Å². The third-order valence-corrected chi connectivity index (χ3v) is 1.39. The molecule has 1 nitrogen and oxygen atoms in total. The van der Waals surface area contributed by atoms with E-state index in [4.69, 9.17) is 6.48 Å². The van der Waals surface area contributed by atoms with Crippen molar-refractivity contribution in [2.45, 2.75) is 12.8 Å². The van der Waals surface area contributed by atoms with Crippen LogP contribution in [0.5, 0.6) is 0 Å². The van der Waals surface area contributed by atoms with Crippen LogP contribution in [0.1, 0.15) is 12.5 Å². The fourth-order valence-electron chi connectivity index (χ4n) is 0.758. The lowest BCUT2D eigenvalue weighted by atomic mass is 10.1. The SMILES string of the molecule is [2H][C@H](O)c1ccc(C(F)(F)F)cc1. The largest absolute Gasteiger partial charge is 0.416 e. The topological polar surface area (TPSA) is 20.2 Å². The lowest BCUT2D eigenvalue weighted by molar-refractivity contribution is -0.137. The van der Waals surface area contributed by atoms with Gasteiger partial charge < -0.3 is 5.11 Å². The summed E-state index contributed by atoms with van der Waals surface area (Å²) >= 11 is 0. The zero-order valence-electron chi connectivity index (χ0n) is 6.97. The Morgan fingerprint density at radius 3 is 2.08 bits per heavy atom. The Morgan fingerprint density at radius 1 is 1.25 bits per heavy atom. The number of alkyl halides is 3. The van der Waals surface area contributed by atoms with Crippen LogP contribution in [-0.4, -0.2) is 5.11 Å². The smallest absolute Gasteiger partial charge is 0.392 e. The van der Waals surface area contributed by atoms with Gasteiger partial charge in [0.05, 0.1) is 13.5 Å². The molecule has 0 aliphatic carbocycles. The molecule has 0 saturated carbocycles. The first-order valence-corrected chi connectivity index (χ1v) is 3.19. The van der Waals surface area contributed by atoms with Crippen molar-refractivity contribution in [1.82, 2.24) is 0 Å². The minimum absolute atomic E-state index is 0.146. The van der Waals surface area contributed by atoms with Crippen LogP contribution >= 0.6 is 0 Å². The Bertz CT molecular complexity index is 278. The second kappa shape index (κ2) is 3.15. The van der Waals surface area contributed by atoms with Crippen molar-refractivity contribution in [3.8, 4) is 0 Å². The summed E-state index contributed by atoms with van der Waals surface area (Å²) in [5, 5.41) is 8.70. The van der Waals surface area contributed by atoms with Gasteiger partial charge in [-0.1, -0.05) is 12.1 Å². The molecule has 0 aromatic heterocycles. The van der Waals surface area contributed by atoms with Gasteiger partial charge in [0.25, 0.3) is 0 Å². The highest BCUT2D eigenvalue weighted by Crippen LogP contribution is 2.28. The van der Waals surface area contributed by atoms with E-state index in [0.29, 0.717) is 0 Å². The Labute approximate surface area is 68.9 Å². The quantitative estimate of drug-likeness (QED) is 0.697. The summed E-state index contributed by atoms with van der Waals surface area (Å²) in [6, 6.07) is 3.85. The van der Waals surface area contributed by atoms with E-state index < -0.39 is 18.3 Å². The first-order valence-electron chi connectivity index (χ1n) is 3.76. The number of halogens is 3. The van der Waals surface area contributed by atoms with Gasteiger partial charge in [-0.15, -0.1) is 0 Å². The van der Waals surface area contributed by atoms with Gasteiger partial charge >= 0.3 is 6.18 Å². The molecule has 0 unspecified atom stereocenters. The first-order chi connectivity index (χ1) is 5.91. The number of benzene rings is 1. The molecule has 1 aromatic carbocycles. The summed E-state index contributed by atoms with van der Waals surface area (Å²) in [7, 11) is 0. The van der Waals surface area contributed by atoms with Gasteiger partial charge in [0, 0.05) is 0 Å². The molecular formula is C8H7F3O. The van der Waals surface area contributed by atoms with Crippen LogP contribution in [0.15, 0.2) is 24.3 Å². The molecule has 1 atom stereocenters. The highest BCUT2D eigenvalue weighted by atomic mass is 19.4. The summed E-state index contributed by atoms with van der Waals surface area (Å²) in [6.45, 7) is -1.48. The van der Waals surface area contributed by atoms with Crippen molar-refractivity contribution < 1.29 is 19.6 Å². The average molecular weight is 177 g/mol. The average Bonchev–Trinajstić information content (AvgIpc) is 2.03. The molecule has 1 N–H and O–H groups in total. The van der Waals surface area contributed by atoms with Crippen LogP contribution in [0, 0.1) is 0 Å². The van der Waals surface area contributed by atoms with Gasteiger partial charge in [-0.2, -0.15) is 13.2 Å². The molecule has 0 heterocycles. The molecule has 0 amide bonds. The second-order valence-corrected chi connectivity index (χ2v) is 2.25. The molecule has 12 heavy (non-hydrogen) atoms. The van der Waals surface area contributed by atoms with Crippen molar-refractivity contribution >= 4 is 0 Å². The van der Waals surface area contributed by atoms with Gasteiger partial charge in [0.1, 0.15) is 0 Å². The molecular weight excluding hydrogens is 169 g/mol. The number of aliphatic hydroxyl groups excluding tert-OH is 1. The maximum atomic E-state index is 12.0. The fourth-order valence-corrected chi connectivity index (χ4v) is 0.758. The van der Waals surface area contributed by atoms with Gasteiger partial charge in [0.15, 0.2) is 0 Å². The summed E-state index contributed by atoms with van der Waals surface area (Å²) in [5.74, 6) is 0. The second-order valence-electron chi connectivity index (χ2n) is 2.25. The third-order valence-electron chi connectivity index (χ3n) is 1.39. The first kappa shape index (κ1) is 7.61. The number of hydrogen-bond donors (Lipinski definition) is 1. The Hall–Kier alpha value is -1.03. The molecule has 1 rings (SSSR count). The maximum absolute atomic E-state index is 12.0. The molecule has 0 bridgehead atoms. The van der Waals surface area contributed by atoms with E-state index in [0.717, 1.165) is 24.3 Å². The standard InChI is InChI=1S/C8H7F3O/c9-8(10,11)7-3-1-6(5-12)2-4-7/h1-4,12H,5H2/i5D/t5-/m0/s1. The van der Waals surface area contributed by atoms with Crippen molar-refractivity contribution in [3.63, 3.8) is 0 Å². The van der Waals surface area contributed by atoms with E-state index >= 15 is 0 Å². The van der Waals surface area contributed by atoms with Gasteiger partial charge in [-0.3, -0.25) is 0 Å². The number of rotatable bonds is 1. The lowest BCUT2D eigenvalue weighted by Gasteiger charge is -2.05. The van der Waals surface area contributed by atoms with E-state index in [1.807, 2.05) is 0 Å². The molecule has 0 aliphatic heterocycles. The zero-order valence-corrected chi connectivity index (χ0v) is 5.97. The molecule has 0 saturated heterocycles. The van der Waals surface area contributed by atoms with Crippen molar-refractivity contribution in [1.29, 1.82) is 0 Å². The van der Waals surface area contributed by atoms with Gasteiger partial charge in [0.2, 0.25) is 0 Å². The molecule has 0 radical (unpaired) electrons. The molecule has 0 aliphatic rings. The van der Waals surface area contributed by atoms with Crippen molar-refractivity contribution in [2.75, 3.05) is 0 Å². The highest BCUT2D eigenvalue weighted by Gasteiger charge is 2.29. The van der Waals surface area contributed by atoms with Crippen molar-refractivity contribution in [2.24, 2.45) is 0 Å². The predicted molar refractivity (Wildman–Crippen MR) is 37.4 cm³/mol. The predicted octanol–water partition coefficient (Wildman–Crippen LogP) is 2.20. The maximum Gasteiger partial charge on any atom is 0.416 e. The van der Waals surface area contributed by atoms with Crippen LogP contribution in [0.25, 0.3) is 0 Å². The Kier molecular flexibility index (Phi) is 1.99. The monoisotopic (exact) mass is 177 g/mol. The van der Waals surface area contributed by atoms with E-state index in [2.05, 4.69) is 0 Å². The molecule has 66 valence electrons. The van der Waals surface area contributed by atoms with E-state index in [9.17, 15) is 13.2 Å². The van der Waals surface area contributed by atoms with Crippen LogP contribution in [0.2, 0.25) is 0 Å². The van der Waals surface area contributed by atoms with Crippen LogP contribution in [0.4, 0.5) is 13.2 Å². The molecule has 4 heteroatoms. The molecule has 1 aromatic rings. The lowest BCUT2D eigenvalue weighted by Crippen LogP contribution is -2.04. The molecule has 0 fully saturated rings. The highest BCUT2D eigenvalue weighted by molar-refractivity contribution is 5.23. The van der Waals surface area contributed by atoms with E-state index in [-0.39, 0.29) is 5.56 Å². The minimum Gasteiger partial charge on any atom is -0.392 e. The van der Waals surface area contributed by atoms with Crippen LogP contribution < -0.4 is 0 Å². The summed E-state index contributed by atoms with van der Waals surface area (Å²) < 4.78 is 42.9. The zero-order chi connectivity index (χ0) is 10.1. The van der Waals surface area contributed by atoms with Crippen molar-refractivity contribution in [3.05, 3.63) is 35.4 Å². The summed E-state index contributed by atoms with van der Waals surface area (Å²) in [4.78, 5) is 0. The van der Waals surface area contributed by atoms with E-state index in [1.54, 1.807) is 0 Å². The number of aliphatic hydroxyl groups is 1. The Balaban J connectivity index is 2.94. The fraction of sp³-hybridized carbons (Fsp3) is 0.250.